The quantitative estimate of drug-likeness (QED) is 0.910. The minimum Gasteiger partial charge on any atom is -0.489 e. The van der Waals surface area contributed by atoms with Crippen LogP contribution >= 0.6 is 0 Å². The minimum atomic E-state index is 0.469. The Morgan fingerprint density at radius 2 is 1.95 bits per heavy atom. The SMILES string of the molecule is CC(C)C1NCCc2cc(OCc3ccccc3)ccc21. The second kappa shape index (κ2) is 6.31. The molecule has 2 aromatic carbocycles. The molecule has 0 fully saturated rings. The lowest BCUT2D eigenvalue weighted by atomic mass is 9.88. The highest BCUT2D eigenvalue weighted by molar-refractivity contribution is 5.39. The summed E-state index contributed by atoms with van der Waals surface area (Å²) in [6.07, 6.45) is 1.08. The molecule has 0 bridgehead atoms. The van der Waals surface area contributed by atoms with E-state index in [0.29, 0.717) is 18.6 Å². The molecule has 1 N–H and O–H groups in total. The molecule has 2 aromatic rings. The Bertz CT molecular complexity index is 592. The molecule has 1 aliphatic heterocycles. The van der Waals surface area contributed by atoms with Gasteiger partial charge in [0.15, 0.2) is 0 Å². The van der Waals surface area contributed by atoms with Crippen molar-refractivity contribution in [2.45, 2.75) is 32.9 Å². The van der Waals surface area contributed by atoms with Crippen molar-refractivity contribution in [3.8, 4) is 5.75 Å². The highest BCUT2D eigenvalue weighted by atomic mass is 16.5. The number of hydrogen-bond donors (Lipinski definition) is 1. The molecule has 1 heterocycles. The molecule has 21 heavy (non-hydrogen) atoms. The first kappa shape index (κ1) is 14.2. The third-order valence-electron chi connectivity index (χ3n) is 4.12. The number of ether oxygens (including phenoxy) is 1. The first-order chi connectivity index (χ1) is 10.2. The average molecular weight is 281 g/mol. The summed E-state index contributed by atoms with van der Waals surface area (Å²) >= 11 is 0. The summed E-state index contributed by atoms with van der Waals surface area (Å²) in [4.78, 5) is 0. The van der Waals surface area contributed by atoms with Crippen molar-refractivity contribution < 1.29 is 4.74 Å². The number of benzene rings is 2. The molecular formula is C19H23NO. The molecule has 1 atom stereocenters. The monoisotopic (exact) mass is 281 g/mol. The van der Waals surface area contributed by atoms with Crippen LogP contribution in [0.25, 0.3) is 0 Å². The average Bonchev–Trinajstić information content (AvgIpc) is 2.53. The molecule has 1 aliphatic rings. The molecule has 0 saturated heterocycles. The zero-order chi connectivity index (χ0) is 14.7. The van der Waals surface area contributed by atoms with Crippen LogP contribution in [0.15, 0.2) is 48.5 Å². The molecular weight excluding hydrogens is 258 g/mol. The minimum absolute atomic E-state index is 0.469. The van der Waals surface area contributed by atoms with E-state index in [1.165, 1.54) is 16.7 Å². The van der Waals surface area contributed by atoms with Crippen LogP contribution in [-0.2, 0) is 13.0 Å². The molecule has 0 spiro atoms. The van der Waals surface area contributed by atoms with Crippen molar-refractivity contribution in [2.24, 2.45) is 5.92 Å². The molecule has 0 aliphatic carbocycles. The maximum atomic E-state index is 5.93. The second-order valence-corrected chi connectivity index (χ2v) is 6.06. The van der Waals surface area contributed by atoms with Gasteiger partial charge in [0.1, 0.15) is 12.4 Å². The summed E-state index contributed by atoms with van der Waals surface area (Å²) in [6, 6.07) is 17.3. The van der Waals surface area contributed by atoms with E-state index in [4.69, 9.17) is 4.74 Å². The lowest BCUT2D eigenvalue weighted by molar-refractivity contribution is 0.305. The van der Waals surface area contributed by atoms with Crippen LogP contribution in [0.2, 0.25) is 0 Å². The predicted molar refractivity (Wildman–Crippen MR) is 86.5 cm³/mol. The summed E-state index contributed by atoms with van der Waals surface area (Å²) in [7, 11) is 0. The molecule has 0 saturated carbocycles. The lowest BCUT2D eigenvalue weighted by Crippen LogP contribution is -2.32. The van der Waals surface area contributed by atoms with Crippen LogP contribution in [0.3, 0.4) is 0 Å². The third-order valence-corrected chi connectivity index (χ3v) is 4.12. The summed E-state index contributed by atoms with van der Waals surface area (Å²) < 4.78 is 5.93. The Balaban J connectivity index is 1.74. The van der Waals surface area contributed by atoms with E-state index in [1.807, 2.05) is 18.2 Å². The highest BCUT2D eigenvalue weighted by Gasteiger charge is 2.22. The number of fused-ring (bicyclic) bond motifs is 1. The van der Waals surface area contributed by atoms with Crippen LogP contribution in [0.1, 0.15) is 36.6 Å². The van der Waals surface area contributed by atoms with Crippen LogP contribution in [-0.4, -0.2) is 6.54 Å². The molecule has 0 amide bonds. The largest absolute Gasteiger partial charge is 0.489 e. The third kappa shape index (κ3) is 3.27. The van der Waals surface area contributed by atoms with E-state index in [9.17, 15) is 0 Å². The van der Waals surface area contributed by atoms with E-state index in [1.54, 1.807) is 0 Å². The number of hydrogen-bond acceptors (Lipinski definition) is 2. The van der Waals surface area contributed by atoms with Gasteiger partial charge in [-0.05, 0) is 47.7 Å². The lowest BCUT2D eigenvalue weighted by Gasteiger charge is -2.30. The summed E-state index contributed by atoms with van der Waals surface area (Å²) in [5, 5.41) is 3.61. The standard InChI is InChI=1S/C19H23NO/c1-14(2)19-18-9-8-17(12-16(18)10-11-20-19)21-13-15-6-4-3-5-7-15/h3-9,12,14,19-20H,10-11,13H2,1-2H3. The number of nitrogens with one attached hydrogen (secondary N) is 1. The van der Waals surface area contributed by atoms with Gasteiger partial charge in [0, 0.05) is 6.04 Å². The Kier molecular flexibility index (Phi) is 4.26. The summed E-state index contributed by atoms with van der Waals surface area (Å²) in [5.74, 6) is 1.59. The van der Waals surface area contributed by atoms with Gasteiger partial charge >= 0.3 is 0 Å². The Labute approximate surface area is 127 Å². The van der Waals surface area contributed by atoms with Crippen molar-refractivity contribution in [2.75, 3.05) is 6.54 Å². The fourth-order valence-corrected chi connectivity index (χ4v) is 3.00. The fourth-order valence-electron chi connectivity index (χ4n) is 3.00. The van der Waals surface area contributed by atoms with E-state index >= 15 is 0 Å². The Morgan fingerprint density at radius 3 is 2.71 bits per heavy atom. The predicted octanol–water partition coefficient (Wildman–Crippen LogP) is 4.11. The van der Waals surface area contributed by atoms with Gasteiger partial charge in [-0.2, -0.15) is 0 Å². The summed E-state index contributed by atoms with van der Waals surface area (Å²) in [5.41, 5.74) is 4.07. The second-order valence-electron chi connectivity index (χ2n) is 6.06. The van der Waals surface area contributed by atoms with Crippen LogP contribution in [0.4, 0.5) is 0 Å². The molecule has 3 rings (SSSR count). The molecule has 2 heteroatoms. The van der Waals surface area contributed by atoms with Gasteiger partial charge in [-0.3, -0.25) is 0 Å². The molecule has 0 aromatic heterocycles. The van der Waals surface area contributed by atoms with Gasteiger partial charge in [-0.1, -0.05) is 50.2 Å². The fraction of sp³-hybridized carbons (Fsp3) is 0.368. The molecule has 1 unspecified atom stereocenters. The van der Waals surface area contributed by atoms with E-state index in [-0.39, 0.29) is 0 Å². The van der Waals surface area contributed by atoms with Crippen molar-refractivity contribution >= 4 is 0 Å². The van der Waals surface area contributed by atoms with Crippen molar-refractivity contribution in [1.82, 2.24) is 5.32 Å². The first-order valence-electron chi connectivity index (χ1n) is 7.77. The van der Waals surface area contributed by atoms with E-state index < -0.39 is 0 Å². The van der Waals surface area contributed by atoms with E-state index in [0.717, 1.165) is 18.7 Å². The highest BCUT2D eigenvalue weighted by Crippen LogP contribution is 2.31. The van der Waals surface area contributed by atoms with Crippen molar-refractivity contribution in [3.05, 3.63) is 65.2 Å². The zero-order valence-corrected chi connectivity index (χ0v) is 12.8. The van der Waals surface area contributed by atoms with Gasteiger partial charge < -0.3 is 10.1 Å². The van der Waals surface area contributed by atoms with Gasteiger partial charge in [0.2, 0.25) is 0 Å². The van der Waals surface area contributed by atoms with Gasteiger partial charge in [-0.25, -0.2) is 0 Å². The van der Waals surface area contributed by atoms with Crippen LogP contribution in [0, 0.1) is 5.92 Å². The maximum Gasteiger partial charge on any atom is 0.120 e. The zero-order valence-electron chi connectivity index (χ0n) is 12.8. The van der Waals surface area contributed by atoms with Gasteiger partial charge in [0.05, 0.1) is 0 Å². The van der Waals surface area contributed by atoms with Crippen molar-refractivity contribution in [1.29, 1.82) is 0 Å². The summed E-state index contributed by atoms with van der Waals surface area (Å²) in [6.45, 7) is 6.22. The molecule has 2 nitrogen and oxygen atoms in total. The van der Waals surface area contributed by atoms with Crippen LogP contribution < -0.4 is 10.1 Å². The Hall–Kier alpha value is -1.80. The normalized spacial score (nSPS) is 17.6. The first-order valence-corrected chi connectivity index (χ1v) is 7.77. The Morgan fingerprint density at radius 1 is 1.14 bits per heavy atom. The molecule has 0 radical (unpaired) electrons. The van der Waals surface area contributed by atoms with Gasteiger partial charge in [-0.15, -0.1) is 0 Å². The molecule has 110 valence electrons. The van der Waals surface area contributed by atoms with E-state index in [2.05, 4.69) is 49.5 Å². The maximum absolute atomic E-state index is 5.93. The smallest absolute Gasteiger partial charge is 0.120 e. The topological polar surface area (TPSA) is 21.3 Å². The van der Waals surface area contributed by atoms with Crippen LogP contribution in [0.5, 0.6) is 5.75 Å². The van der Waals surface area contributed by atoms with Crippen molar-refractivity contribution in [3.63, 3.8) is 0 Å². The number of rotatable bonds is 4. The van der Waals surface area contributed by atoms with Gasteiger partial charge in [0.25, 0.3) is 0 Å².